The molecule has 0 aliphatic carbocycles. The van der Waals surface area contributed by atoms with Crippen molar-refractivity contribution in [3.05, 3.63) is 42.7 Å². The first-order valence-electron chi connectivity index (χ1n) is 3.13. The van der Waals surface area contributed by atoms with Crippen molar-refractivity contribution in [3.8, 4) is 0 Å². The first kappa shape index (κ1) is 6.96. The first-order valence-corrected chi connectivity index (χ1v) is 3.13. The molecule has 2 N–H and O–H groups in total. The quantitative estimate of drug-likeness (QED) is 0.618. The normalized spacial score (nSPS) is 12.5. The van der Waals surface area contributed by atoms with Crippen molar-refractivity contribution in [3.63, 3.8) is 0 Å². The lowest BCUT2D eigenvalue weighted by atomic mass is 10.2. The van der Waals surface area contributed by atoms with E-state index in [1.165, 1.54) is 0 Å². The molecule has 0 fully saturated rings. The fourth-order valence-corrected chi connectivity index (χ4v) is 0.694. The highest BCUT2D eigenvalue weighted by atomic mass is 14.7. The Morgan fingerprint density at radius 2 is 2.40 bits per heavy atom. The third-order valence-corrected chi connectivity index (χ3v) is 1.28. The van der Waals surface area contributed by atoms with Crippen LogP contribution in [0.15, 0.2) is 37.1 Å². The van der Waals surface area contributed by atoms with Crippen molar-refractivity contribution in [2.45, 2.75) is 6.04 Å². The third kappa shape index (κ3) is 1.42. The maximum absolute atomic E-state index is 5.61. The van der Waals surface area contributed by atoms with Crippen LogP contribution in [0.1, 0.15) is 11.7 Å². The van der Waals surface area contributed by atoms with Gasteiger partial charge in [0.05, 0.1) is 11.7 Å². The zero-order chi connectivity index (χ0) is 7.40. The van der Waals surface area contributed by atoms with Crippen molar-refractivity contribution in [1.29, 1.82) is 0 Å². The smallest absolute Gasteiger partial charge is 0.0653 e. The zero-order valence-corrected chi connectivity index (χ0v) is 5.70. The molecule has 1 rings (SSSR count). The van der Waals surface area contributed by atoms with Gasteiger partial charge in [-0.2, -0.15) is 0 Å². The number of nitrogens with zero attached hydrogens (tertiary/aromatic N) is 1. The van der Waals surface area contributed by atoms with Crippen LogP contribution in [-0.4, -0.2) is 4.98 Å². The van der Waals surface area contributed by atoms with E-state index in [0.29, 0.717) is 0 Å². The highest BCUT2D eigenvalue weighted by Crippen LogP contribution is 2.04. The van der Waals surface area contributed by atoms with Crippen LogP contribution in [-0.2, 0) is 0 Å². The molecule has 10 heavy (non-hydrogen) atoms. The van der Waals surface area contributed by atoms with Gasteiger partial charge < -0.3 is 5.73 Å². The maximum atomic E-state index is 5.61. The highest BCUT2D eigenvalue weighted by Gasteiger charge is 1.98. The van der Waals surface area contributed by atoms with E-state index in [1.54, 1.807) is 12.3 Å². The van der Waals surface area contributed by atoms with E-state index >= 15 is 0 Å². The van der Waals surface area contributed by atoms with Gasteiger partial charge in [-0.1, -0.05) is 12.1 Å². The maximum Gasteiger partial charge on any atom is 0.0653 e. The third-order valence-electron chi connectivity index (χ3n) is 1.28. The Balaban J connectivity index is 2.84. The average Bonchev–Trinajstić information content (AvgIpc) is 2.05. The van der Waals surface area contributed by atoms with Crippen LogP contribution in [0.4, 0.5) is 0 Å². The van der Waals surface area contributed by atoms with Crippen LogP contribution in [0.2, 0.25) is 0 Å². The fourth-order valence-electron chi connectivity index (χ4n) is 0.694. The molecule has 0 aliphatic heterocycles. The van der Waals surface area contributed by atoms with E-state index in [-0.39, 0.29) is 6.04 Å². The summed E-state index contributed by atoms with van der Waals surface area (Å²) in [5.41, 5.74) is 6.47. The topological polar surface area (TPSA) is 38.9 Å². The summed E-state index contributed by atoms with van der Waals surface area (Å²) in [6.45, 7) is 3.57. The number of aromatic nitrogens is 1. The Bertz CT molecular complexity index is 206. The van der Waals surface area contributed by atoms with Crippen LogP contribution < -0.4 is 5.73 Å². The summed E-state index contributed by atoms with van der Waals surface area (Å²) >= 11 is 0. The molecular weight excluding hydrogens is 124 g/mol. The Morgan fingerprint density at radius 1 is 1.60 bits per heavy atom. The van der Waals surface area contributed by atoms with E-state index in [0.717, 1.165) is 5.69 Å². The second kappa shape index (κ2) is 3.13. The van der Waals surface area contributed by atoms with Crippen LogP contribution in [0.5, 0.6) is 0 Å². The Morgan fingerprint density at radius 3 is 2.90 bits per heavy atom. The summed E-state index contributed by atoms with van der Waals surface area (Å²) in [6, 6.07) is 5.51. The van der Waals surface area contributed by atoms with Gasteiger partial charge in [0.1, 0.15) is 0 Å². The predicted octanol–water partition coefficient (Wildman–Crippen LogP) is 1.27. The molecule has 1 atom stereocenters. The van der Waals surface area contributed by atoms with Crippen LogP contribution in [0.25, 0.3) is 0 Å². The molecule has 0 bridgehead atoms. The second-order valence-electron chi connectivity index (χ2n) is 2.02. The molecule has 0 saturated heterocycles. The molecule has 1 aromatic rings. The number of hydrogen-bond donors (Lipinski definition) is 1. The molecule has 0 radical (unpaired) electrons. The zero-order valence-electron chi connectivity index (χ0n) is 5.70. The molecular formula is C8H10N2. The molecule has 1 heterocycles. The monoisotopic (exact) mass is 134 g/mol. The van der Waals surface area contributed by atoms with E-state index in [9.17, 15) is 0 Å². The molecule has 1 aromatic heterocycles. The van der Waals surface area contributed by atoms with Gasteiger partial charge in [0.25, 0.3) is 0 Å². The molecule has 52 valence electrons. The SMILES string of the molecule is C=C[C@H](N)c1ccccn1. The largest absolute Gasteiger partial charge is 0.319 e. The van der Waals surface area contributed by atoms with Crippen LogP contribution >= 0.6 is 0 Å². The first-order chi connectivity index (χ1) is 4.84. The van der Waals surface area contributed by atoms with Gasteiger partial charge >= 0.3 is 0 Å². The van der Waals surface area contributed by atoms with Gasteiger partial charge in [0, 0.05) is 6.20 Å². The van der Waals surface area contributed by atoms with Crippen molar-refractivity contribution < 1.29 is 0 Å². The summed E-state index contributed by atoms with van der Waals surface area (Å²) in [5.74, 6) is 0. The lowest BCUT2D eigenvalue weighted by Gasteiger charge is -2.02. The van der Waals surface area contributed by atoms with E-state index in [2.05, 4.69) is 11.6 Å². The van der Waals surface area contributed by atoms with Gasteiger partial charge in [0.2, 0.25) is 0 Å². The molecule has 0 saturated carbocycles. The number of pyridine rings is 1. The Hall–Kier alpha value is -1.15. The number of rotatable bonds is 2. The highest BCUT2D eigenvalue weighted by molar-refractivity contribution is 5.12. The summed E-state index contributed by atoms with van der Waals surface area (Å²) in [5, 5.41) is 0. The van der Waals surface area contributed by atoms with E-state index in [1.807, 2.05) is 18.2 Å². The Kier molecular flexibility index (Phi) is 2.18. The van der Waals surface area contributed by atoms with Crippen LogP contribution in [0, 0.1) is 0 Å². The molecule has 0 aliphatic rings. The van der Waals surface area contributed by atoms with E-state index < -0.39 is 0 Å². The van der Waals surface area contributed by atoms with Gasteiger partial charge in [-0.3, -0.25) is 4.98 Å². The molecule has 0 spiro atoms. The lowest BCUT2D eigenvalue weighted by Crippen LogP contribution is -2.07. The van der Waals surface area contributed by atoms with Crippen molar-refractivity contribution in [2.75, 3.05) is 0 Å². The van der Waals surface area contributed by atoms with Crippen molar-refractivity contribution in [2.24, 2.45) is 5.73 Å². The van der Waals surface area contributed by atoms with Crippen LogP contribution in [0.3, 0.4) is 0 Å². The number of hydrogen-bond acceptors (Lipinski definition) is 2. The van der Waals surface area contributed by atoms with E-state index in [4.69, 9.17) is 5.73 Å². The number of nitrogens with two attached hydrogens (primary N) is 1. The van der Waals surface area contributed by atoms with Crippen molar-refractivity contribution in [1.82, 2.24) is 4.98 Å². The van der Waals surface area contributed by atoms with Gasteiger partial charge in [-0.25, -0.2) is 0 Å². The molecule has 2 heteroatoms. The minimum Gasteiger partial charge on any atom is -0.319 e. The summed E-state index contributed by atoms with van der Waals surface area (Å²) in [6.07, 6.45) is 3.39. The lowest BCUT2D eigenvalue weighted by molar-refractivity contribution is 0.864. The van der Waals surface area contributed by atoms with Gasteiger partial charge in [-0.05, 0) is 12.1 Å². The Labute approximate surface area is 60.4 Å². The molecule has 0 aromatic carbocycles. The summed E-state index contributed by atoms with van der Waals surface area (Å²) in [4.78, 5) is 4.05. The fraction of sp³-hybridized carbons (Fsp3) is 0.125. The molecule has 0 amide bonds. The standard InChI is InChI=1S/C8H10N2/c1-2-7(9)8-5-3-4-6-10-8/h2-7H,1,9H2/t7-/m0/s1. The van der Waals surface area contributed by atoms with Gasteiger partial charge in [0.15, 0.2) is 0 Å². The average molecular weight is 134 g/mol. The minimum atomic E-state index is -0.138. The summed E-state index contributed by atoms with van der Waals surface area (Å²) < 4.78 is 0. The molecule has 2 nitrogen and oxygen atoms in total. The van der Waals surface area contributed by atoms with Crippen molar-refractivity contribution >= 4 is 0 Å². The summed E-state index contributed by atoms with van der Waals surface area (Å²) in [7, 11) is 0. The minimum absolute atomic E-state index is 0.138. The molecule has 0 unspecified atom stereocenters. The predicted molar refractivity (Wildman–Crippen MR) is 41.4 cm³/mol. The second-order valence-corrected chi connectivity index (χ2v) is 2.02. The van der Waals surface area contributed by atoms with Gasteiger partial charge in [-0.15, -0.1) is 6.58 Å².